The lowest BCUT2D eigenvalue weighted by Gasteiger charge is -2.29. The van der Waals surface area contributed by atoms with E-state index in [-0.39, 0.29) is 12.5 Å². The molecule has 28 heavy (non-hydrogen) atoms. The van der Waals surface area contributed by atoms with Gasteiger partial charge in [0.2, 0.25) is 0 Å². The van der Waals surface area contributed by atoms with E-state index >= 15 is 0 Å². The van der Waals surface area contributed by atoms with Gasteiger partial charge in [0.15, 0.2) is 6.61 Å². The van der Waals surface area contributed by atoms with Gasteiger partial charge >= 0.3 is 5.97 Å². The number of hydrogen-bond donors (Lipinski definition) is 0. The van der Waals surface area contributed by atoms with Crippen molar-refractivity contribution in [1.29, 1.82) is 0 Å². The van der Waals surface area contributed by atoms with Crippen molar-refractivity contribution in [3.63, 3.8) is 0 Å². The Morgan fingerprint density at radius 3 is 2.54 bits per heavy atom. The Morgan fingerprint density at radius 1 is 1.04 bits per heavy atom. The highest BCUT2D eigenvalue weighted by atomic mass is 32.2. The molecule has 0 saturated carbocycles. The second kappa shape index (κ2) is 7.94. The minimum absolute atomic E-state index is 0.142. The van der Waals surface area contributed by atoms with E-state index in [9.17, 15) is 9.59 Å². The number of anilines is 1. The van der Waals surface area contributed by atoms with Crippen molar-refractivity contribution in [1.82, 2.24) is 0 Å². The van der Waals surface area contributed by atoms with Crippen LogP contribution >= 0.6 is 11.8 Å². The summed E-state index contributed by atoms with van der Waals surface area (Å²) in [5, 5.41) is 1.83. The largest absolute Gasteiger partial charge is 0.483 e. The molecule has 4 rings (SSSR count). The van der Waals surface area contributed by atoms with Gasteiger partial charge in [-0.1, -0.05) is 36.4 Å². The molecule has 1 aliphatic rings. The Balaban J connectivity index is 1.59. The molecule has 0 spiro atoms. The van der Waals surface area contributed by atoms with Crippen molar-refractivity contribution in [2.75, 3.05) is 30.9 Å². The lowest BCUT2D eigenvalue weighted by molar-refractivity contribution is -0.120. The predicted molar refractivity (Wildman–Crippen MR) is 110 cm³/mol. The minimum atomic E-state index is -0.493. The van der Waals surface area contributed by atoms with Crippen molar-refractivity contribution >= 4 is 40.1 Å². The number of amides is 1. The van der Waals surface area contributed by atoms with E-state index in [2.05, 4.69) is 0 Å². The summed E-state index contributed by atoms with van der Waals surface area (Å²) in [4.78, 5) is 27.8. The molecular weight excluding hydrogens is 374 g/mol. The maximum atomic E-state index is 12.8. The van der Waals surface area contributed by atoms with Crippen molar-refractivity contribution < 1.29 is 19.1 Å². The molecule has 0 aromatic heterocycles. The Labute approximate surface area is 167 Å². The number of hydrogen-bond acceptors (Lipinski definition) is 5. The number of carbonyl (C=O) groups is 2. The fourth-order valence-corrected chi connectivity index (χ4v) is 4.25. The van der Waals surface area contributed by atoms with Crippen LogP contribution in [0.25, 0.3) is 10.8 Å². The maximum Gasteiger partial charge on any atom is 0.341 e. The molecule has 0 unspecified atom stereocenters. The number of thioether (sulfide) groups is 1. The molecule has 0 radical (unpaired) electrons. The van der Waals surface area contributed by atoms with Crippen LogP contribution < -0.4 is 9.64 Å². The molecule has 1 heterocycles. The molecular formula is C22H19NO4S. The topological polar surface area (TPSA) is 55.8 Å². The van der Waals surface area contributed by atoms with Crippen molar-refractivity contribution in [3.05, 3.63) is 66.2 Å². The van der Waals surface area contributed by atoms with Crippen LogP contribution in [0.1, 0.15) is 10.4 Å². The summed E-state index contributed by atoms with van der Waals surface area (Å²) in [7, 11) is 1.33. The first-order valence-corrected chi connectivity index (χ1v) is 9.92. The first-order valence-electron chi connectivity index (χ1n) is 8.93. The second-order valence-corrected chi connectivity index (χ2v) is 7.47. The monoisotopic (exact) mass is 393 g/mol. The van der Waals surface area contributed by atoms with E-state index in [1.807, 2.05) is 48.5 Å². The third-order valence-electron chi connectivity index (χ3n) is 4.63. The van der Waals surface area contributed by atoms with Gasteiger partial charge in [0, 0.05) is 17.2 Å². The van der Waals surface area contributed by atoms with E-state index in [4.69, 9.17) is 9.47 Å². The smallest absolute Gasteiger partial charge is 0.341 e. The number of esters is 1. The number of fused-ring (bicyclic) bond motifs is 2. The lowest BCUT2D eigenvalue weighted by atomic mass is 10.1. The molecule has 0 aliphatic carbocycles. The molecule has 6 heteroatoms. The zero-order valence-corrected chi connectivity index (χ0v) is 16.2. The fraction of sp³-hybridized carbons (Fsp3) is 0.182. The highest BCUT2D eigenvalue weighted by molar-refractivity contribution is 7.99. The Hall–Kier alpha value is -2.99. The minimum Gasteiger partial charge on any atom is -0.483 e. The quantitative estimate of drug-likeness (QED) is 0.624. The molecule has 3 aromatic carbocycles. The Bertz CT molecular complexity index is 1050. The second-order valence-electron chi connectivity index (χ2n) is 6.34. The summed E-state index contributed by atoms with van der Waals surface area (Å²) in [6.07, 6.45) is 0. The van der Waals surface area contributed by atoms with Crippen LogP contribution in [0.5, 0.6) is 5.75 Å². The summed E-state index contributed by atoms with van der Waals surface area (Å²) in [6, 6.07) is 19.0. The molecule has 0 saturated heterocycles. The van der Waals surface area contributed by atoms with Gasteiger partial charge in [0.25, 0.3) is 5.91 Å². The van der Waals surface area contributed by atoms with E-state index in [1.54, 1.807) is 28.8 Å². The SMILES string of the molecule is COC(=O)c1cc2ccccc2cc1OCC(=O)N1CCSc2ccccc21. The van der Waals surface area contributed by atoms with E-state index < -0.39 is 5.97 Å². The van der Waals surface area contributed by atoms with E-state index in [0.717, 1.165) is 27.1 Å². The maximum absolute atomic E-state index is 12.8. The number of benzene rings is 3. The summed E-state index contributed by atoms with van der Waals surface area (Å²) < 4.78 is 10.7. The third-order valence-corrected chi connectivity index (χ3v) is 5.68. The summed E-state index contributed by atoms with van der Waals surface area (Å²) in [6.45, 7) is 0.479. The van der Waals surface area contributed by atoms with Crippen LogP contribution in [0.4, 0.5) is 5.69 Å². The van der Waals surface area contributed by atoms with Gasteiger partial charge in [0.1, 0.15) is 11.3 Å². The highest BCUT2D eigenvalue weighted by Gasteiger charge is 2.24. The van der Waals surface area contributed by atoms with Crippen LogP contribution in [0, 0.1) is 0 Å². The van der Waals surface area contributed by atoms with Crippen LogP contribution in [-0.2, 0) is 9.53 Å². The zero-order chi connectivity index (χ0) is 19.5. The van der Waals surface area contributed by atoms with Crippen LogP contribution in [-0.4, -0.2) is 37.9 Å². The molecule has 0 atom stereocenters. The lowest BCUT2D eigenvalue weighted by Crippen LogP contribution is -2.38. The fourth-order valence-electron chi connectivity index (χ4n) is 3.25. The normalized spacial score (nSPS) is 13.1. The van der Waals surface area contributed by atoms with Crippen molar-refractivity contribution in [3.8, 4) is 5.75 Å². The summed E-state index contributed by atoms with van der Waals surface area (Å²) in [5.41, 5.74) is 1.21. The zero-order valence-electron chi connectivity index (χ0n) is 15.4. The number of nitrogens with zero attached hydrogens (tertiary/aromatic N) is 1. The van der Waals surface area contributed by atoms with E-state index in [1.165, 1.54) is 7.11 Å². The third kappa shape index (κ3) is 3.55. The van der Waals surface area contributed by atoms with Crippen molar-refractivity contribution in [2.45, 2.75) is 4.90 Å². The number of carbonyl (C=O) groups excluding carboxylic acids is 2. The van der Waals surface area contributed by atoms with Crippen LogP contribution in [0.2, 0.25) is 0 Å². The average Bonchev–Trinajstić information content (AvgIpc) is 2.75. The molecule has 0 bridgehead atoms. The molecule has 1 amide bonds. The number of para-hydroxylation sites is 1. The molecule has 5 nitrogen and oxygen atoms in total. The first kappa shape index (κ1) is 18.4. The van der Waals surface area contributed by atoms with Crippen LogP contribution in [0.15, 0.2) is 65.6 Å². The standard InChI is InChI=1S/C22H19NO4S/c1-26-22(25)17-12-15-6-2-3-7-16(15)13-19(17)27-14-21(24)23-10-11-28-20-9-5-4-8-18(20)23/h2-9,12-13H,10-11,14H2,1H3. The van der Waals surface area contributed by atoms with Gasteiger partial charge < -0.3 is 14.4 Å². The number of methoxy groups -OCH3 is 1. The van der Waals surface area contributed by atoms with Crippen molar-refractivity contribution in [2.24, 2.45) is 0 Å². The van der Waals surface area contributed by atoms with Gasteiger partial charge in [0.05, 0.1) is 12.8 Å². The molecule has 1 aliphatic heterocycles. The Morgan fingerprint density at radius 2 is 1.75 bits per heavy atom. The van der Waals surface area contributed by atoms with Crippen LogP contribution in [0.3, 0.4) is 0 Å². The van der Waals surface area contributed by atoms with Gasteiger partial charge in [-0.25, -0.2) is 4.79 Å². The van der Waals surface area contributed by atoms with Gasteiger partial charge in [-0.3, -0.25) is 4.79 Å². The molecule has 0 N–H and O–H groups in total. The predicted octanol–water partition coefficient (Wildman–Crippen LogP) is 4.14. The van der Waals surface area contributed by atoms with Gasteiger partial charge in [-0.15, -0.1) is 11.8 Å². The molecule has 3 aromatic rings. The summed E-state index contributed by atoms with van der Waals surface area (Å²) in [5.74, 6) is 0.551. The highest BCUT2D eigenvalue weighted by Crippen LogP contribution is 2.34. The Kier molecular flexibility index (Phi) is 5.21. The number of ether oxygens (including phenoxy) is 2. The molecule has 142 valence electrons. The van der Waals surface area contributed by atoms with Gasteiger partial charge in [-0.2, -0.15) is 0 Å². The summed E-state index contributed by atoms with van der Waals surface area (Å²) >= 11 is 1.74. The first-order chi connectivity index (χ1) is 13.7. The van der Waals surface area contributed by atoms with Gasteiger partial charge in [-0.05, 0) is 35.0 Å². The average molecular weight is 393 g/mol. The number of rotatable bonds is 4. The van der Waals surface area contributed by atoms with E-state index in [0.29, 0.717) is 17.9 Å². The molecule has 0 fully saturated rings.